The van der Waals surface area contributed by atoms with Crippen LogP contribution in [0.2, 0.25) is 0 Å². The lowest BCUT2D eigenvalue weighted by atomic mass is 10.3. The summed E-state index contributed by atoms with van der Waals surface area (Å²) >= 11 is 1.46. The highest BCUT2D eigenvalue weighted by atomic mass is 32.2. The molecule has 1 aliphatic heterocycles. The largest absolute Gasteiger partial charge is 0.480 e. The number of para-hydroxylation sites is 1. The van der Waals surface area contributed by atoms with Crippen LogP contribution in [0, 0.1) is 0 Å². The van der Waals surface area contributed by atoms with Crippen LogP contribution in [-0.2, 0) is 4.79 Å². The first-order valence-corrected chi connectivity index (χ1v) is 6.66. The molecule has 0 saturated carbocycles. The van der Waals surface area contributed by atoms with Gasteiger partial charge in [0.15, 0.2) is 0 Å². The summed E-state index contributed by atoms with van der Waals surface area (Å²) < 4.78 is 0. The zero-order valence-electron chi connectivity index (χ0n) is 9.94. The molecule has 96 valence electrons. The molecule has 1 heterocycles. The maximum atomic E-state index is 12.2. The van der Waals surface area contributed by atoms with Gasteiger partial charge in [0, 0.05) is 18.5 Å². The minimum atomic E-state index is -0.949. The standard InChI is InChI=1S/C12H14N2O3S/c1-13(9-5-3-2-4-6-9)12(17)14-8-18-7-10(14)11(15)16/h2-6,10H,7-8H2,1H3,(H,15,16)/t10-/m0/s1. The fraction of sp³-hybridized carbons (Fsp3) is 0.333. The first kappa shape index (κ1) is 12.8. The van der Waals surface area contributed by atoms with Crippen molar-refractivity contribution < 1.29 is 14.7 Å². The van der Waals surface area contributed by atoms with Crippen LogP contribution in [0.25, 0.3) is 0 Å². The first-order chi connectivity index (χ1) is 8.61. The number of urea groups is 1. The molecule has 0 spiro atoms. The summed E-state index contributed by atoms with van der Waals surface area (Å²) in [7, 11) is 1.65. The zero-order chi connectivity index (χ0) is 13.1. The predicted octanol–water partition coefficient (Wildman–Crippen LogP) is 1.70. The summed E-state index contributed by atoms with van der Waals surface area (Å²) in [5, 5.41) is 9.06. The van der Waals surface area contributed by atoms with Gasteiger partial charge in [-0.05, 0) is 12.1 Å². The molecule has 0 bridgehead atoms. The third-order valence-electron chi connectivity index (χ3n) is 2.84. The Morgan fingerprint density at radius 3 is 2.67 bits per heavy atom. The van der Waals surface area contributed by atoms with Crippen molar-refractivity contribution in [3.8, 4) is 0 Å². The van der Waals surface area contributed by atoms with Gasteiger partial charge in [-0.3, -0.25) is 4.90 Å². The van der Waals surface area contributed by atoms with Crippen LogP contribution in [0.5, 0.6) is 0 Å². The number of anilines is 1. The molecule has 0 radical (unpaired) electrons. The predicted molar refractivity (Wildman–Crippen MR) is 70.8 cm³/mol. The summed E-state index contributed by atoms with van der Waals surface area (Å²) in [6.07, 6.45) is 0. The number of thioether (sulfide) groups is 1. The van der Waals surface area contributed by atoms with Gasteiger partial charge in [-0.15, -0.1) is 11.8 Å². The van der Waals surface area contributed by atoms with Crippen LogP contribution < -0.4 is 4.90 Å². The molecular formula is C12H14N2O3S. The number of benzene rings is 1. The Hall–Kier alpha value is -1.69. The summed E-state index contributed by atoms with van der Waals surface area (Å²) in [6, 6.07) is 8.17. The Kier molecular flexibility index (Phi) is 3.76. The van der Waals surface area contributed by atoms with Crippen molar-refractivity contribution in [1.29, 1.82) is 0 Å². The Balaban J connectivity index is 2.14. The molecule has 0 aliphatic carbocycles. The van der Waals surface area contributed by atoms with Gasteiger partial charge in [-0.25, -0.2) is 9.59 Å². The fourth-order valence-electron chi connectivity index (χ4n) is 1.79. The van der Waals surface area contributed by atoms with Crippen LogP contribution >= 0.6 is 11.8 Å². The topological polar surface area (TPSA) is 60.9 Å². The minimum absolute atomic E-state index is 0.279. The fourth-order valence-corrected chi connectivity index (χ4v) is 2.93. The lowest BCUT2D eigenvalue weighted by Crippen LogP contribution is -2.47. The van der Waals surface area contributed by atoms with Crippen molar-refractivity contribution in [1.82, 2.24) is 4.90 Å². The zero-order valence-corrected chi connectivity index (χ0v) is 10.8. The molecule has 5 nitrogen and oxygen atoms in total. The van der Waals surface area contributed by atoms with E-state index in [9.17, 15) is 9.59 Å². The van der Waals surface area contributed by atoms with Crippen molar-refractivity contribution in [3.05, 3.63) is 30.3 Å². The van der Waals surface area contributed by atoms with E-state index in [-0.39, 0.29) is 6.03 Å². The van der Waals surface area contributed by atoms with Crippen molar-refractivity contribution in [2.24, 2.45) is 0 Å². The third-order valence-corrected chi connectivity index (χ3v) is 3.86. The van der Waals surface area contributed by atoms with Gasteiger partial charge in [0.05, 0.1) is 5.88 Å². The Labute approximate surface area is 109 Å². The van der Waals surface area contributed by atoms with E-state index < -0.39 is 12.0 Å². The summed E-state index contributed by atoms with van der Waals surface area (Å²) in [4.78, 5) is 26.1. The number of carboxylic acid groups (broad SMARTS) is 1. The maximum absolute atomic E-state index is 12.2. The molecule has 2 rings (SSSR count). The number of nitrogens with zero attached hydrogens (tertiary/aromatic N) is 2. The molecule has 1 fully saturated rings. The van der Waals surface area contributed by atoms with Gasteiger partial charge >= 0.3 is 12.0 Å². The summed E-state index contributed by atoms with van der Waals surface area (Å²) in [5.74, 6) is -0.0775. The van der Waals surface area contributed by atoms with Crippen LogP contribution in [0.1, 0.15) is 0 Å². The number of amides is 2. The van der Waals surface area contributed by atoms with Gasteiger partial charge in [0.1, 0.15) is 6.04 Å². The van der Waals surface area contributed by atoms with Gasteiger partial charge in [0.2, 0.25) is 0 Å². The van der Waals surface area contributed by atoms with E-state index in [1.165, 1.54) is 21.6 Å². The first-order valence-electron chi connectivity index (χ1n) is 5.51. The lowest BCUT2D eigenvalue weighted by Gasteiger charge is -2.26. The van der Waals surface area contributed by atoms with Gasteiger partial charge in [0.25, 0.3) is 0 Å². The van der Waals surface area contributed by atoms with E-state index in [1.54, 1.807) is 7.05 Å². The Bertz CT molecular complexity index is 452. The molecule has 1 N–H and O–H groups in total. The van der Waals surface area contributed by atoms with E-state index in [0.29, 0.717) is 11.6 Å². The van der Waals surface area contributed by atoms with E-state index in [4.69, 9.17) is 5.11 Å². The minimum Gasteiger partial charge on any atom is -0.480 e. The highest BCUT2D eigenvalue weighted by Crippen LogP contribution is 2.24. The SMILES string of the molecule is CN(C(=O)N1CSC[C@H]1C(=O)O)c1ccccc1. The number of aliphatic carboxylic acids is 1. The average molecular weight is 266 g/mol. The summed E-state index contributed by atoms with van der Waals surface area (Å²) in [6.45, 7) is 0. The normalized spacial score (nSPS) is 18.7. The van der Waals surface area contributed by atoms with Gasteiger partial charge in [-0.1, -0.05) is 18.2 Å². The monoisotopic (exact) mass is 266 g/mol. The van der Waals surface area contributed by atoms with Crippen molar-refractivity contribution in [2.75, 3.05) is 23.6 Å². The Morgan fingerprint density at radius 2 is 2.06 bits per heavy atom. The van der Waals surface area contributed by atoms with Crippen molar-refractivity contribution >= 4 is 29.4 Å². The molecule has 1 aromatic carbocycles. The number of hydrogen-bond donors (Lipinski definition) is 1. The summed E-state index contributed by atoms with van der Waals surface area (Å²) in [5.41, 5.74) is 0.753. The number of hydrogen-bond acceptors (Lipinski definition) is 3. The van der Waals surface area contributed by atoms with Crippen molar-refractivity contribution in [2.45, 2.75) is 6.04 Å². The molecule has 0 aromatic heterocycles. The molecule has 1 aromatic rings. The van der Waals surface area contributed by atoms with E-state index in [1.807, 2.05) is 30.3 Å². The molecule has 0 unspecified atom stereocenters. The maximum Gasteiger partial charge on any atom is 0.327 e. The van der Waals surface area contributed by atoms with E-state index in [2.05, 4.69) is 0 Å². The van der Waals surface area contributed by atoms with Gasteiger partial charge in [-0.2, -0.15) is 0 Å². The highest BCUT2D eigenvalue weighted by molar-refractivity contribution is 7.99. The van der Waals surface area contributed by atoms with Crippen LogP contribution in [0.4, 0.5) is 10.5 Å². The second-order valence-corrected chi connectivity index (χ2v) is 5.00. The van der Waals surface area contributed by atoms with Crippen LogP contribution in [0.3, 0.4) is 0 Å². The quantitative estimate of drug-likeness (QED) is 0.885. The molecular weight excluding hydrogens is 252 g/mol. The number of carbonyl (C=O) groups is 2. The molecule has 1 aliphatic rings. The van der Waals surface area contributed by atoms with Crippen LogP contribution in [-0.4, -0.2) is 46.7 Å². The molecule has 1 saturated heterocycles. The molecule has 6 heteroatoms. The number of carboxylic acids is 1. The third kappa shape index (κ3) is 2.43. The lowest BCUT2D eigenvalue weighted by molar-refractivity contribution is -0.140. The van der Waals surface area contributed by atoms with E-state index >= 15 is 0 Å². The second kappa shape index (κ2) is 5.30. The smallest absolute Gasteiger partial charge is 0.327 e. The Morgan fingerprint density at radius 1 is 1.39 bits per heavy atom. The van der Waals surface area contributed by atoms with Gasteiger partial charge < -0.3 is 10.0 Å². The average Bonchev–Trinajstić information content (AvgIpc) is 2.87. The number of rotatable bonds is 2. The number of carbonyl (C=O) groups excluding carboxylic acids is 1. The van der Waals surface area contributed by atoms with Crippen LogP contribution in [0.15, 0.2) is 30.3 Å². The molecule has 18 heavy (non-hydrogen) atoms. The molecule has 2 amide bonds. The second-order valence-electron chi connectivity index (χ2n) is 4.00. The van der Waals surface area contributed by atoms with Crippen molar-refractivity contribution in [3.63, 3.8) is 0 Å². The van der Waals surface area contributed by atoms with E-state index in [0.717, 1.165) is 5.69 Å². The highest BCUT2D eigenvalue weighted by Gasteiger charge is 2.36. The molecule has 1 atom stereocenters.